The number of hydrogen-bond acceptors (Lipinski definition) is 20. The normalized spacial score (nSPS) is 27.1. The molecule has 3 fully saturated rings. The van der Waals surface area contributed by atoms with E-state index in [9.17, 15) is 75.7 Å². The van der Waals surface area contributed by atoms with Crippen LogP contribution in [0.25, 0.3) is 0 Å². The average molecular weight is 1420 g/mol. The van der Waals surface area contributed by atoms with Gasteiger partial charge in [0, 0.05) is 19.8 Å². The fourth-order valence-electron chi connectivity index (χ4n) is 13.9. The number of aliphatic carboxylic acids is 1. The monoisotopic (exact) mass is 1420 g/mol. The minimum atomic E-state index is -3.08. The van der Waals surface area contributed by atoms with E-state index in [1.54, 1.807) is 6.08 Å². The van der Waals surface area contributed by atoms with Crippen molar-refractivity contribution in [3.05, 3.63) is 12.2 Å². The number of nitrogens with one attached hydrogen (secondary N) is 2. The number of carboxylic acid groups (broad SMARTS) is 1. The van der Waals surface area contributed by atoms with Crippen molar-refractivity contribution in [1.82, 2.24) is 10.6 Å². The first-order valence-corrected chi connectivity index (χ1v) is 39.6. The second kappa shape index (κ2) is 55.9. The van der Waals surface area contributed by atoms with Crippen molar-refractivity contribution in [2.24, 2.45) is 0 Å². The number of aliphatic hydroxyl groups is 11. The van der Waals surface area contributed by atoms with E-state index in [-0.39, 0.29) is 12.3 Å². The number of carbonyl (C=O) groups is 3. The van der Waals surface area contributed by atoms with Gasteiger partial charge in [0.2, 0.25) is 11.8 Å². The fourth-order valence-corrected chi connectivity index (χ4v) is 13.9. The van der Waals surface area contributed by atoms with Gasteiger partial charge in [-0.15, -0.1) is 0 Å². The van der Waals surface area contributed by atoms with Crippen LogP contribution in [0.4, 0.5) is 0 Å². The summed E-state index contributed by atoms with van der Waals surface area (Å²) in [5.41, 5.74) is 0. The third kappa shape index (κ3) is 36.8. The molecule has 0 bridgehead atoms. The van der Waals surface area contributed by atoms with Gasteiger partial charge in [-0.1, -0.05) is 289 Å². The lowest BCUT2D eigenvalue weighted by Gasteiger charge is -2.50. The van der Waals surface area contributed by atoms with Crippen LogP contribution in [0.1, 0.15) is 316 Å². The zero-order valence-corrected chi connectivity index (χ0v) is 61.4. The highest BCUT2D eigenvalue weighted by Crippen LogP contribution is 2.39. The Morgan fingerprint density at radius 1 is 0.525 bits per heavy atom. The largest absolute Gasteiger partial charge is 0.477 e. The summed E-state index contributed by atoms with van der Waals surface area (Å²) < 4.78 is 34.9. The number of rotatable bonds is 62. The number of amides is 2. The van der Waals surface area contributed by atoms with Gasteiger partial charge < -0.3 is 100 Å². The summed E-state index contributed by atoms with van der Waals surface area (Å²) in [5.74, 6) is -6.13. The van der Waals surface area contributed by atoms with E-state index in [4.69, 9.17) is 28.4 Å². The van der Waals surface area contributed by atoms with Crippen LogP contribution in [0.3, 0.4) is 0 Å². The smallest absolute Gasteiger partial charge is 0.364 e. The summed E-state index contributed by atoms with van der Waals surface area (Å²) in [6, 6.07) is -2.62. The van der Waals surface area contributed by atoms with Crippen molar-refractivity contribution in [3.8, 4) is 0 Å². The van der Waals surface area contributed by atoms with Crippen LogP contribution in [0.5, 0.6) is 0 Å². The number of allylic oxidation sites excluding steroid dienone is 1. The van der Waals surface area contributed by atoms with Crippen molar-refractivity contribution in [3.63, 3.8) is 0 Å². The summed E-state index contributed by atoms with van der Waals surface area (Å²) in [4.78, 5) is 38.7. The summed E-state index contributed by atoms with van der Waals surface area (Å²) >= 11 is 0. The molecule has 0 aromatic rings. The van der Waals surface area contributed by atoms with E-state index < -0.39 is 155 Å². The molecule has 3 saturated heterocycles. The number of carbonyl (C=O) groups excluding carboxylic acids is 2. The maximum absolute atomic E-state index is 13.5. The van der Waals surface area contributed by atoms with Crippen LogP contribution in [-0.2, 0) is 42.8 Å². The first-order valence-electron chi connectivity index (χ1n) is 39.6. The first-order chi connectivity index (χ1) is 47.9. The van der Waals surface area contributed by atoms with Crippen molar-refractivity contribution in [2.45, 2.75) is 426 Å². The van der Waals surface area contributed by atoms with Gasteiger partial charge in [-0.3, -0.25) is 9.59 Å². The van der Waals surface area contributed by atoms with E-state index in [1.807, 2.05) is 6.08 Å². The number of unbranched alkanes of at least 4 members (excludes halogenated alkanes) is 42. The molecule has 582 valence electrons. The van der Waals surface area contributed by atoms with E-state index in [1.165, 1.54) is 225 Å². The average Bonchev–Trinajstić information content (AvgIpc) is 0.735. The van der Waals surface area contributed by atoms with E-state index in [2.05, 4.69) is 24.5 Å². The van der Waals surface area contributed by atoms with Crippen LogP contribution in [-0.4, -0.2) is 215 Å². The molecule has 18 unspecified atom stereocenters. The highest BCUT2D eigenvalue weighted by molar-refractivity contribution is 5.77. The minimum absolute atomic E-state index is 0.206. The summed E-state index contributed by atoms with van der Waals surface area (Å²) in [7, 11) is 0. The molecular weight excluding hydrogens is 1280 g/mol. The van der Waals surface area contributed by atoms with Crippen LogP contribution in [0, 0.1) is 0 Å². The van der Waals surface area contributed by atoms with E-state index in [0.29, 0.717) is 12.8 Å². The maximum Gasteiger partial charge on any atom is 0.364 e. The highest BCUT2D eigenvalue weighted by atomic mass is 16.8. The zero-order chi connectivity index (χ0) is 72.5. The summed E-state index contributed by atoms with van der Waals surface area (Å²) in [6.45, 7) is 2.19. The van der Waals surface area contributed by atoms with Gasteiger partial charge in [-0.25, -0.2) is 4.79 Å². The molecule has 0 aliphatic carbocycles. The molecule has 23 nitrogen and oxygen atoms in total. The summed E-state index contributed by atoms with van der Waals surface area (Å²) in [6.07, 6.45) is 29.6. The lowest BCUT2D eigenvalue weighted by atomic mass is 9.88. The zero-order valence-electron chi connectivity index (χ0n) is 61.4. The predicted molar refractivity (Wildman–Crippen MR) is 380 cm³/mol. The molecule has 0 aromatic heterocycles. The number of hydrogen-bond donors (Lipinski definition) is 14. The molecule has 3 heterocycles. The van der Waals surface area contributed by atoms with Crippen molar-refractivity contribution in [1.29, 1.82) is 0 Å². The molecule has 3 aliphatic rings. The quantitative estimate of drug-likeness (QED) is 0.0199. The molecule has 18 atom stereocenters. The van der Waals surface area contributed by atoms with Gasteiger partial charge in [0.25, 0.3) is 5.79 Å². The van der Waals surface area contributed by atoms with Crippen molar-refractivity contribution in [2.75, 3.05) is 26.4 Å². The van der Waals surface area contributed by atoms with Gasteiger partial charge in [0.05, 0.1) is 50.7 Å². The Bertz CT molecular complexity index is 2030. The van der Waals surface area contributed by atoms with E-state index >= 15 is 0 Å². The molecule has 99 heavy (non-hydrogen) atoms. The molecule has 0 spiro atoms. The Morgan fingerprint density at radius 3 is 1.34 bits per heavy atom. The van der Waals surface area contributed by atoms with Crippen molar-refractivity contribution >= 4 is 17.8 Å². The Balaban J connectivity index is 1.53. The molecular formula is C76H142N2O21. The topological polar surface area (TPSA) is 373 Å². The third-order valence-electron chi connectivity index (χ3n) is 20.2. The minimum Gasteiger partial charge on any atom is -0.477 e. The predicted octanol–water partition coefficient (Wildman–Crippen LogP) is 9.80. The van der Waals surface area contributed by atoms with Gasteiger partial charge >= 0.3 is 5.97 Å². The first kappa shape index (κ1) is 90.7. The molecule has 0 saturated carbocycles. The second-order valence-corrected chi connectivity index (χ2v) is 28.9. The van der Waals surface area contributed by atoms with Gasteiger partial charge in [0.15, 0.2) is 12.6 Å². The van der Waals surface area contributed by atoms with E-state index in [0.717, 1.165) is 51.9 Å². The maximum atomic E-state index is 13.5. The Hall–Kier alpha value is -2.53. The Morgan fingerprint density at radius 2 is 0.939 bits per heavy atom. The van der Waals surface area contributed by atoms with Crippen LogP contribution < -0.4 is 10.6 Å². The third-order valence-corrected chi connectivity index (χ3v) is 20.2. The van der Waals surface area contributed by atoms with Gasteiger partial charge in [-0.2, -0.15) is 0 Å². The summed E-state index contributed by atoms with van der Waals surface area (Å²) in [5, 5.41) is 136. The molecule has 3 rings (SSSR count). The molecule has 0 radical (unpaired) electrons. The van der Waals surface area contributed by atoms with Crippen molar-refractivity contribution < 1.29 is 104 Å². The SMILES string of the molecule is CCCCCCCCCCCCCCCCCCCC/C=C/C(O)C(COC1OC(CO)C(OC2OC(CO)C(O)C(OC3(C(=O)O)CC(O)C(NC(C)=O)C(C(O)C(O)CO)O3)C2O)C(O)C1O)NC(=O)CCCCCCCCCCCCCCCCCCCCCCCCCCC. The van der Waals surface area contributed by atoms with Crippen LogP contribution in [0.2, 0.25) is 0 Å². The number of ether oxygens (including phenoxy) is 6. The van der Waals surface area contributed by atoms with Gasteiger partial charge in [-0.05, 0) is 19.3 Å². The highest BCUT2D eigenvalue weighted by Gasteiger charge is 2.60. The molecule has 14 N–H and O–H groups in total. The molecule has 23 heteroatoms. The number of carboxylic acids is 1. The fraction of sp³-hybridized carbons (Fsp3) is 0.934. The Labute approximate surface area is 594 Å². The van der Waals surface area contributed by atoms with Crippen LogP contribution >= 0.6 is 0 Å². The molecule has 3 aliphatic heterocycles. The second-order valence-electron chi connectivity index (χ2n) is 28.9. The van der Waals surface area contributed by atoms with Crippen LogP contribution in [0.15, 0.2) is 12.2 Å². The lowest BCUT2D eigenvalue weighted by Crippen LogP contribution is -2.70. The Kier molecular flexibility index (Phi) is 51.2. The van der Waals surface area contributed by atoms with Gasteiger partial charge in [0.1, 0.15) is 67.1 Å². The number of aliphatic hydroxyl groups excluding tert-OH is 11. The lowest BCUT2D eigenvalue weighted by molar-refractivity contribution is -0.386. The standard InChI is InChI=1S/C76H142N2O21/c1-4-6-8-10-12-14-16-18-20-22-24-26-27-28-29-30-32-34-36-38-40-42-44-46-48-50-63(86)78-57(58(83)49-47-45-43-41-39-37-35-33-31-25-23-21-19-17-15-13-11-9-7-5-2)55-94-73-68(90)67(89)70(62(54-81)96-73)97-74-69(91)72(66(88)61(53-80)95-74)99-76(75(92)93)51-59(84)64(77-56(3)82)71(98-76)65(87)60(85)52-79/h47,49,57-62,64-74,79-81,83-85,87-91H,4-46,48,50-55H2,1-3H3,(H,77,82)(H,78,86)(H,92,93)/b49-47+. The molecule has 0 aromatic carbocycles. The molecule has 2 amide bonds.